The van der Waals surface area contributed by atoms with Gasteiger partial charge in [0.2, 0.25) is 10.0 Å². The molecule has 1 amide bonds. The second kappa shape index (κ2) is 11.2. The maximum absolute atomic E-state index is 13.7. The fourth-order valence-corrected chi connectivity index (χ4v) is 7.54. The molecule has 198 valence electrons. The molecule has 0 radical (unpaired) electrons. The highest BCUT2D eigenvalue weighted by Gasteiger charge is 2.29. The van der Waals surface area contributed by atoms with E-state index in [2.05, 4.69) is 20.8 Å². The summed E-state index contributed by atoms with van der Waals surface area (Å²) in [7, 11) is 0.326. The number of hydrogen-bond acceptors (Lipinski definition) is 6. The molecule has 0 unspecified atom stereocenters. The van der Waals surface area contributed by atoms with Crippen LogP contribution in [-0.4, -0.2) is 62.2 Å². The lowest BCUT2D eigenvalue weighted by Gasteiger charge is -2.28. The molecule has 1 aromatic heterocycles. The highest BCUT2D eigenvalue weighted by Crippen LogP contribution is 2.32. The zero-order valence-corrected chi connectivity index (χ0v) is 24.5. The summed E-state index contributed by atoms with van der Waals surface area (Å²) in [6, 6.07) is 20.1. The molecule has 0 saturated heterocycles. The Hall–Kier alpha value is -2.63. The van der Waals surface area contributed by atoms with Crippen molar-refractivity contribution in [1.82, 2.24) is 14.2 Å². The van der Waals surface area contributed by atoms with Crippen LogP contribution in [0.25, 0.3) is 10.2 Å². The van der Waals surface area contributed by atoms with E-state index in [4.69, 9.17) is 4.98 Å². The molecule has 7 nitrogen and oxygen atoms in total. The molecule has 3 aromatic carbocycles. The van der Waals surface area contributed by atoms with Crippen LogP contribution >= 0.6 is 27.3 Å². The highest BCUT2D eigenvalue weighted by atomic mass is 79.9. The van der Waals surface area contributed by atoms with Gasteiger partial charge in [0, 0.05) is 29.7 Å². The summed E-state index contributed by atoms with van der Waals surface area (Å²) in [5, 5.41) is 0.630. The summed E-state index contributed by atoms with van der Waals surface area (Å²) in [5.74, 6) is -0.197. The molecule has 0 bridgehead atoms. The summed E-state index contributed by atoms with van der Waals surface area (Å²) in [5.41, 5.74) is 3.49. The van der Waals surface area contributed by atoms with E-state index in [0.717, 1.165) is 33.2 Å². The minimum atomic E-state index is -3.68. The van der Waals surface area contributed by atoms with Gasteiger partial charge in [0.05, 0.1) is 15.1 Å². The van der Waals surface area contributed by atoms with Gasteiger partial charge in [-0.25, -0.2) is 13.4 Å². The average molecular weight is 614 g/mol. The molecule has 1 aliphatic rings. The zero-order chi connectivity index (χ0) is 26.9. The molecule has 1 aliphatic heterocycles. The lowest BCUT2D eigenvalue weighted by atomic mass is 10.0. The summed E-state index contributed by atoms with van der Waals surface area (Å²) < 4.78 is 30.2. The standard InChI is InChI=1S/C28H29BrN4O3S2/c1-31(2)15-5-16-33(28-30-25-13-10-23(29)18-26(25)37-28)27(34)21-8-11-24(12-9-21)38(35,36)32-17-14-20-6-3-4-7-22(20)19-32/h3-4,6-13,18H,5,14-17,19H2,1-2H3. The maximum atomic E-state index is 13.7. The zero-order valence-electron chi connectivity index (χ0n) is 21.3. The van der Waals surface area contributed by atoms with Crippen LogP contribution in [0.3, 0.4) is 0 Å². The van der Waals surface area contributed by atoms with Gasteiger partial charge in [0.25, 0.3) is 5.91 Å². The lowest BCUT2D eigenvalue weighted by Crippen LogP contribution is -2.36. The largest absolute Gasteiger partial charge is 0.309 e. The molecular formula is C28H29BrN4O3S2. The molecule has 4 aromatic rings. The smallest absolute Gasteiger partial charge is 0.260 e. The van der Waals surface area contributed by atoms with Crippen LogP contribution in [0.5, 0.6) is 0 Å². The normalized spacial score (nSPS) is 14.1. The van der Waals surface area contributed by atoms with Gasteiger partial charge >= 0.3 is 0 Å². The molecule has 0 N–H and O–H groups in total. The van der Waals surface area contributed by atoms with Crippen molar-refractivity contribution in [3.05, 3.63) is 87.9 Å². The molecule has 0 aliphatic carbocycles. The Morgan fingerprint density at radius 3 is 2.50 bits per heavy atom. The Morgan fingerprint density at radius 2 is 1.76 bits per heavy atom. The first-order chi connectivity index (χ1) is 18.2. The molecule has 0 atom stereocenters. The van der Waals surface area contributed by atoms with Gasteiger partial charge in [0.15, 0.2) is 5.13 Å². The molecule has 0 spiro atoms. The topological polar surface area (TPSA) is 73.8 Å². The minimum absolute atomic E-state index is 0.192. The van der Waals surface area contributed by atoms with Gasteiger partial charge in [-0.1, -0.05) is 51.5 Å². The number of carbonyl (C=O) groups is 1. The van der Waals surface area contributed by atoms with Crippen molar-refractivity contribution < 1.29 is 13.2 Å². The van der Waals surface area contributed by atoms with E-state index in [0.29, 0.717) is 36.8 Å². The van der Waals surface area contributed by atoms with Gasteiger partial charge in [-0.2, -0.15) is 4.31 Å². The second-order valence-corrected chi connectivity index (χ2v) is 13.5. The second-order valence-electron chi connectivity index (χ2n) is 9.60. The summed E-state index contributed by atoms with van der Waals surface area (Å²) in [6.07, 6.45) is 1.47. The highest BCUT2D eigenvalue weighted by molar-refractivity contribution is 9.10. The van der Waals surface area contributed by atoms with Crippen molar-refractivity contribution in [3.8, 4) is 0 Å². The quantitative estimate of drug-likeness (QED) is 0.266. The predicted octanol–water partition coefficient (Wildman–Crippen LogP) is 5.40. The Bertz CT molecular complexity index is 1570. The van der Waals surface area contributed by atoms with Crippen molar-refractivity contribution in [1.29, 1.82) is 0 Å². The summed E-state index contributed by atoms with van der Waals surface area (Å²) in [6.45, 7) is 2.13. The number of hydrogen-bond donors (Lipinski definition) is 0. The van der Waals surface area contributed by atoms with E-state index in [1.165, 1.54) is 33.3 Å². The fourth-order valence-electron chi connectivity index (χ4n) is 4.58. The number of carbonyl (C=O) groups excluding carboxylic acids is 1. The number of nitrogens with zero attached hydrogens (tertiary/aromatic N) is 4. The van der Waals surface area contributed by atoms with Gasteiger partial charge in [-0.05, 0) is 87.1 Å². The first kappa shape index (κ1) is 27.0. The van der Waals surface area contributed by atoms with Crippen molar-refractivity contribution in [2.24, 2.45) is 0 Å². The Morgan fingerprint density at radius 1 is 1.03 bits per heavy atom. The van der Waals surface area contributed by atoms with Crippen molar-refractivity contribution >= 4 is 58.5 Å². The van der Waals surface area contributed by atoms with E-state index in [1.54, 1.807) is 17.0 Å². The van der Waals surface area contributed by atoms with E-state index < -0.39 is 10.0 Å². The number of sulfonamides is 1. The average Bonchev–Trinajstić information content (AvgIpc) is 3.33. The maximum Gasteiger partial charge on any atom is 0.260 e. The van der Waals surface area contributed by atoms with Crippen LogP contribution in [-0.2, 0) is 23.0 Å². The van der Waals surface area contributed by atoms with Crippen LogP contribution in [0.2, 0.25) is 0 Å². The molecular weight excluding hydrogens is 584 g/mol. The van der Waals surface area contributed by atoms with Crippen molar-refractivity contribution in [2.75, 3.05) is 38.6 Å². The van der Waals surface area contributed by atoms with Gasteiger partial charge in [0.1, 0.15) is 0 Å². The molecule has 5 rings (SSSR count). The minimum Gasteiger partial charge on any atom is -0.309 e. The van der Waals surface area contributed by atoms with Gasteiger partial charge in [-0.3, -0.25) is 9.69 Å². The van der Waals surface area contributed by atoms with E-state index >= 15 is 0 Å². The molecule has 0 saturated carbocycles. The SMILES string of the molecule is CN(C)CCCN(C(=O)c1ccc(S(=O)(=O)N2CCc3ccccc3C2)cc1)c1nc2ccc(Br)cc2s1. The molecule has 2 heterocycles. The predicted molar refractivity (Wildman–Crippen MR) is 156 cm³/mol. The third kappa shape index (κ3) is 5.69. The Kier molecular flexibility index (Phi) is 7.97. The van der Waals surface area contributed by atoms with Gasteiger partial charge in [-0.15, -0.1) is 0 Å². The van der Waals surface area contributed by atoms with Crippen LogP contribution in [0.1, 0.15) is 27.9 Å². The van der Waals surface area contributed by atoms with Gasteiger partial charge < -0.3 is 4.90 Å². The fraction of sp³-hybridized carbons (Fsp3) is 0.286. The van der Waals surface area contributed by atoms with Crippen LogP contribution in [0.4, 0.5) is 5.13 Å². The number of halogens is 1. The Balaban J connectivity index is 1.39. The first-order valence-corrected chi connectivity index (χ1v) is 15.5. The lowest BCUT2D eigenvalue weighted by molar-refractivity contribution is 0.0986. The van der Waals surface area contributed by atoms with Crippen LogP contribution in [0.15, 0.2) is 76.1 Å². The van der Waals surface area contributed by atoms with E-state index in [9.17, 15) is 13.2 Å². The first-order valence-electron chi connectivity index (χ1n) is 12.4. The number of amides is 1. The molecule has 0 fully saturated rings. The van der Waals surface area contributed by atoms with E-state index in [-0.39, 0.29) is 10.8 Å². The number of thiazole rings is 1. The third-order valence-corrected chi connectivity index (χ3v) is 10.0. The van der Waals surface area contributed by atoms with Crippen LogP contribution in [0, 0.1) is 0 Å². The molecule has 10 heteroatoms. The number of aromatic nitrogens is 1. The number of anilines is 1. The monoisotopic (exact) mass is 612 g/mol. The summed E-state index contributed by atoms with van der Waals surface area (Å²) in [4.78, 5) is 22.4. The summed E-state index contributed by atoms with van der Waals surface area (Å²) >= 11 is 4.97. The van der Waals surface area contributed by atoms with Crippen LogP contribution < -0.4 is 4.90 Å². The molecule has 38 heavy (non-hydrogen) atoms. The third-order valence-electron chi connectivity index (χ3n) is 6.64. The number of rotatable bonds is 8. The van der Waals surface area contributed by atoms with Crippen molar-refractivity contribution in [2.45, 2.75) is 24.3 Å². The number of fused-ring (bicyclic) bond motifs is 2. The van der Waals surface area contributed by atoms with E-state index in [1.807, 2.05) is 56.6 Å². The Labute approximate surface area is 235 Å². The van der Waals surface area contributed by atoms with Crippen molar-refractivity contribution in [3.63, 3.8) is 0 Å². The number of benzene rings is 3.